The lowest BCUT2D eigenvalue weighted by Gasteiger charge is -2.46. The second-order valence-electron chi connectivity index (χ2n) is 11.5. The van der Waals surface area contributed by atoms with Gasteiger partial charge in [-0.2, -0.15) is 5.26 Å². The Balaban J connectivity index is 1.28. The van der Waals surface area contributed by atoms with Crippen molar-refractivity contribution in [2.24, 2.45) is 35.5 Å². The molecular formula is C30H41F2NO2. The minimum absolute atomic E-state index is 0.147. The molecule has 3 aliphatic carbocycles. The van der Waals surface area contributed by atoms with E-state index in [-0.39, 0.29) is 17.6 Å². The standard InChI is InChI=1S/C30H41F2NO2/c1-2-3-4-5-7-20-10-12-21(13-11-20)22-14-15-25-23(16-22)8-6-9-26(25)30(34)35-24-17-28(31)27(19-33)29(32)18-24/h17-18,20-23,25-26H,2-16H2,1H3. The van der Waals surface area contributed by atoms with Crippen LogP contribution < -0.4 is 4.74 Å². The molecule has 1 aromatic rings. The highest BCUT2D eigenvalue weighted by Crippen LogP contribution is 2.50. The van der Waals surface area contributed by atoms with Crippen molar-refractivity contribution in [2.75, 3.05) is 0 Å². The normalized spacial score (nSPS) is 30.8. The number of hydrogen-bond donors (Lipinski definition) is 0. The van der Waals surface area contributed by atoms with Crippen LogP contribution in [-0.4, -0.2) is 5.97 Å². The van der Waals surface area contributed by atoms with Crippen LogP contribution in [0.5, 0.6) is 5.75 Å². The van der Waals surface area contributed by atoms with Crippen molar-refractivity contribution in [3.8, 4) is 11.8 Å². The molecule has 0 aromatic heterocycles. The fourth-order valence-corrected chi connectivity index (χ4v) is 7.44. The van der Waals surface area contributed by atoms with Gasteiger partial charge in [-0.1, -0.05) is 64.7 Å². The molecule has 0 spiro atoms. The van der Waals surface area contributed by atoms with Gasteiger partial charge < -0.3 is 4.74 Å². The molecule has 3 nitrogen and oxygen atoms in total. The summed E-state index contributed by atoms with van der Waals surface area (Å²) in [6.45, 7) is 2.27. The summed E-state index contributed by atoms with van der Waals surface area (Å²) in [7, 11) is 0. The number of nitriles is 1. The van der Waals surface area contributed by atoms with Gasteiger partial charge >= 0.3 is 5.97 Å². The second-order valence-corrected chi connectivity index (χ2v) is 11.5. The van der Waals surface area contributed by atoms with Crippen LogP contribution in [0.3, 0.4) is 0 Å². The largest absolute Gasteiger partial charge is 0.426 e. The zero-order valence-corrected chi connectivity index (χ0v) is 21.2. The van der Waals surface area contributed by atoms with Gasteiger partial charge in [0.2, 0.25) is 0 Å². The van der Waals surface area contributed by atoms with Crippen molar-refractivity contribution >= 4 is 5.97 Å². The van der Waals surface area contributed by atoms with Gasteiger partial charge in [0.15, 0.2) is 0 Å². The molecule has 0 amide bonds. The highest BCUT2D eigenvalue weighted by atomic mass is 19.1. The van der Waals surface area contributed by atoms with Crippen LogP contribution in [0.15, 0.2) is 12.1 Å². The number of nitrogens with zero attached hydrogens (tertiary/aromatic N) is 1. The molecule has 3 saturated carbocycles. The van der Waals surface area contributed by atoms with Crippen LogP contribution in [-0.2, 0) is 4.79 Å². The van der Waals surface area contributed by atoms with Crippen molar-refractivity contribution in [2.45, 2.75) is 103 Å². The molecule has 1 aromatic carbocycles. The summed E-state index contributed by atoms with van der Waals surface area (Å²) in [4.78, 5) is 13.0. The molecule has 3 fully saturated rings. The minimum Gasteiger partial charge on any atom is -0.426 e. The first kappa shape index (κ1) is 26.1. The third kappa shape index (κ3) is 6.43. The van der Waals surface area contributed by atoms with E-state index >= 15 is 0 Å². The summed E-state index contributed by atoms with van der Waals surface area (Å²) in [5.74, 6) is 0.739. The van der Waals surface area contributed by atoms with Crippen LogP contribution in [0.2, 0.25) is 0 Å². The lowest BCUT2D eigenvalue weighted by Crippen LogP contribution is -2.40. The average Bonchev–Trinajstić information content (AvgIpc) is 2.86. The van der Waals surface area contributed by atoms with Crippen LogP contribution >= 0.6 is 0 Å². The Morgan fingerprint density at radius 2 is 1.66 bits per heavy atom. The average molecular weight is 486 g/mol. The number of fused-ring (bicyclic) bond motifs is 1. The Hall–Kier alpha value is -1.96. The van der Waals surface area contributed by atoms with E-state index in [0.717, 1.165) is 49.1 Å². The van der Waals surface area contributed by atoms with Gasteiger partial charge in [-0.3, -0.25) is 4.79 Å². The maximum atomic E-state index is 14.0. The number of carbonyl (C=O) groups is 1. The van der Waals surface area contributed by atoms with E-state index in [4.69, 9.17) is 10.00 Å². The van der Waals surface area contributed by atoms with Crippen molar-refractivity contribution in [3.63, 3.8) is 0 Å². The molecule has 35 heavy (non-hydrogen) atoms. The van der Waals surface area contributed by atoms with Gasteiger partial charge in [0.1, 0.15) is 29.0 Å². The van der Waals surface area contributed by atoms with Crippen molar-refractivity contribution in [1.82, 2.24) is 0 Å². The lowest BCUT2D eigenvalue weighted by molar-refractivity contribution is -0.144. The molecule has 4 rings (SSSR count). The molecule has 0 bridgehead atoms. The van der Waals surface area contributed by atoms with Crippen LogP contribution in [0.1, 0.15) is 109 Å². The monoisotopic (exact) mass is 485 g/mol. The van der Waals surface area contributed by atoms with Crippen LogP contribution in [0.4, 0.5) is 8.78 Å². The number of rotatable bonds is 8. The zero-order valence-electron chi connectivity index (χ0n) is 21.2. The quantitative estimate of drug-likeness (QED) is 0.211. The molecule has 3 aliphatic rings. The van der Waals surface area contributed by atoms with Gasteiger partial charge in [-0.25, -0.2) is 8.78 Å². The minimum atomic E-state index is -0.993. The van der Waals surface area contributed by atoms with E-state index in [9.17, 15) is 13.6 Å². The van der Waals surface area contributed by atoms with Gasteiger partial charge in [0, 0.05) is 12.1 Å². The van der Waals surface area contributed by atoms with Gasteiger partial charge in [0.25, 0.3) is 0 Å². The van der Waals surface area contributed by atoms with Crippen LogP contribution in [0.25, 0.3) is 0 Å². The second kappa shape index (κ2) is 12.3. The molecule has 0 radical (unpaired) electrons. The number of benzene rings is 1. The highest BCUT2D eigenvalue weighted by Gasteiger charge is 2.43. The summed E-state index contributed by atoms with van der Waals surface area (Å²) < 4.78 is 33.3. The molecule has 0 heterocycles. The predicted molar refractivity (Wildman–Crippen MR) is 133 cm³/mol. The first-order valence-electron chi connectivity index (χ1n) is 14.1. The Bertz CT molecular complexity index is 879. The smallest absolute Gasteiger partial charge is 0.314 e. The van der Waals surface area contributed by atoms with E-state index in [1.165, 1.54) is 83.1 Å². The van der Waals surface area contributed by atoms with E-state index < -0.39 is 17.2 Å². The third-order valence-corrected chi connectivity index (χ3v) is 9.36. The fourth-order valence-electron chi connectivity index (χ4n) is 7.44. The van der Waals surface area contributed by atoms with Gasteiger partial charge in [0.05, 0.1) is 5.92 Å². The summed E-state index contributed by atoms with van der Waals surface area (Å²) in [6.07, 6.45) is 18.9. The summed E-state index contributed by atoms with van der Waals surface area (Å²) >= 11 is 0. The Morgan fingerprint density at radius 1 is 0.943 bits per heavy atom. The molecule has 0 N–H and O–H groups in total. The zero-order chi connectivity index (χ0) is 24.8. The Kier molecular flexibility index (Phi) is 9.20. The molecular weight excluding hydrogens is 444 g/mol. The number of esters is 1. The predicted octanol–water partition coefficient (Wildman–Crippen LogP) is 8.35. The molecule has 5 heteroatoms. The first-order valence-corrected chi connectivity index (χ1v) is 14.1. The molecule has 0 aliphatic heterocycles. The Morgan fingerprint density at radius 3 is 2.34 bits per heavy atom. The fraction of sp³-hybridized carbons (Fsp3) is 0.733. The van der Waals surface area contributed by atoms with Crippen molar-refractivity contribution < 1.29 is 18.3 Å². The molecule has 4 unspecified atom stereocenters. The van der Waals surface area contributed by atoms with Crippen LogP contribution in [0, 0.1) is 58.5 Å². The number of halogens is 2. The van der Waals surface area contributed by atoms with E-state index in [1.807, 2.05) is 0 Å². The van der Waals surface area contributed by atoms with E-state index in [1.54, 1.807) is 0 Å². The number of carbonyl (C=O) groups excluding carboxylic acids is 1. The number of ether oxygens (including phenoxy) is 1. The first-order chi connectivity index (χ1) is 17.0. The molecule has 4 atom stereocenters. The summed E-state index contributed by atoms with van der Waals surface area (Å²) in [5, 5.41) is 8.85. The Labute approximate surface area is 209 Å². The van der Waals surface area contributed by atoms with Crippen molar-refractivity contribution in [3.05, 3.63) is 29.3 Å². The lowest BCUT2D eigenvalue weighted by atomic mass is 9.59. The van der Waals surface area contributed by atoms with E-state index in [0.29, 0.717) is 11.8 Å². The topological polar surface area (TPSA) is 50.1 Å². The number of unbranched alkanes of at least 4 members (excludes halogenated alkanes) is 3. The van der Waals surface area contributed by atoms with Crippen molar-refractivity contribution in [1.29, 1.82) is 5.26 Å². The summed E-state index contributed by atoms with van der Waals surface area (Å²) in [5.41, 5.74) is -0.647. The maximum Gasteiger partial charge on any atom is 0.314 e. The molecule has 192 valence electrons. The van der Waals surface area contributed by atoms with E-state index in [2.05, 4.69) is 6.92 Å². The van der Waals surface area contributed by atoms with Gasteiger partial charge in [-0.15, -0.1) is 0 Å². The van der Waals surface area contributed by atoms with Gasteiger partial charge in [-0.05, 0) is 68.1 Å². The third-order valence-electron chi connectivity index (χ3n) is 9.36. The number of hydrogen-bond acceptors (Lipinski definition) is 3. The highest BCUT2D eigenvalue weighted by molar-refractivity contribution is 5.75. The summed E-state index contributed by atoms with van der Waals surface area (Å²) in [6, 6.07) is 3.38. The molecule has 0 saturated heterocycles. The SMILES string of the molecule is CCCCCCC1CCC(C2CCC3C(CCCC3C(=O)Oc3cc(F)c(C#N)c(F)c3)C2)CC1. The maximum absolute atomic E-state index is 14.0.